The van der Waals surface area contributed by atoms with Gasteiger partial charge in [0, 0.05) is 41.9 Å². The van der Waals surface area contributed by atoms with Crippen LogP contribution in [0.2, 0.25) is 0 Å². The van der Waals surface area contributed by atoms with E-state index in [1.165, 1.54) is 0 Å². The van der Waals surface area contributed by atoms with E-state index in [0.29, 0.717) is 76.4 Å². The first-order valence-electron chi connectivity index (χ1n) is 12.8. The molecule has 0 spiro atoms. The molecule has 1 aliphatic rings. The molecule has 0 unspecified atom stereocenters. The molecule has 8 heteroatoms. The number of rotatable bonds is 10. The lowest BCUT2D eigenvalue weighted by molar-refractivity contribution is -0.113. The maximum Gasteiger partial charge on any atom is 0.203 e. The number of ketones is 1. The molecule has 0 N–H and O–H groups in total. The van der Waals surface area contributed by atoms with Crippen molar-refractivity contribution < 1.29 is 33.2 Å². The molecule has 3 aromatic rings. The van der Waals surface area contributed by atoms with Gasteiger partial charge in [-0.15, -0.1) is 0 Å². The highest BCUT2D eigenvalue weighted by atomic mass is 16.5. The van der Waals surface area contributed by atoms with Crippen LogP contribution in [0.3, 0.4) is 0 Å². The van der Waals surface area contributed by atoms with Gasteiger partial charge in [0.2, 0.25) is 11.5 Å². The molecule has 0 amide bonds. The number of likely N-dealkylation sites (tertiary alicyclic amines) is 1. The number of methoxy groups -OCH3 is 6. The highest BCUT2D eigenvalue weighted by Gasteiger charge is 2.28. The molecule has 0 saturated carbocycles. The lowest BCUT2D eigenvalue weighted by Crippen LogP contribution is -2.37. The maximum absolute atomic E-state index is 13.9. The van der Waals surface area contributed by atoms with Crippen LogP contribution in [0.25, 0.3) is 12.2 Å². The Hall–Kier alpha value is -4.43. The Kier molecular flexibility index (Phi) is 9.35. The Bertz CT molecular complexity index is 1330. The van der Waals surface area contributed by atoms with Gasteiger partial charge >= 0.3 is 0 Å². The maximum atomic E-state index is 13.9. The van der Waals surface area contributed by atoms with Crippen molar-refractivity contribution in [3.8, 4) is 34.5 Å². The minimum Gasteiger partial charge on any atom is -0.493 e. The minimum atomic E-state index is -0.0574. The lowest BCUT2D eigenvalue weighted by Gasteiger charge is -2.30. The number of benzene rings is 3. The third-order valence-electron chi connectivity index (χ3n) is 6.75. The van der Waals surface area contributed by atoms with E-state index < -0.39 is 0 Å². The summed E-state index contributed by atoms with van der Waals surface area (Å²) in [6, 6.07) is 17.5. The first-order chi connectivity index (χ1) is 19.5. The van der Waals surface area contributed by atoms with E-state index in [2.05, 4.69) is 17.0 Å². The monoisotopic (exact) mass is 545 g/mol. The van der Waals surface area contributed by atoms with Crippen LogP contribution in [-0.4, -0.2) is 66.4 Å². The summed E-state index contributed by atoms with van der Waals surface area (Å²) in [5, 5.41) is 0. The Morgan fingerprint density at radius 3 is 1.45 bits per heavy atom. The SMILES string of the molecule is COc1ccc(/C=C2/CN(Cc3ccccc3)C/C(=C\c3ccc(OC)c(OC)c3OC)C2=O)c(OC)c1OC. The summed E-state index contributed by atoms with van der Waals surface area (Å²) < 4.78 is 33.3. The topological polar surface area (TPSA) is 75.7 Å². The third-order valence-corrected chi connectivity index (χ3v) is 6.75. The van der Waals surface area contributed by atoms with Gasteiger partial charge in [0.1, 0.15) is 0 Å². The zero-order valence-electron chi connectivity index (χ0n) is 23.8. The van der Waals surface area contributed by atoms with Crippen LogP contribution in [0, 0.1) is 0 Å². The van der Waals surface area contributed by atoms with Crippen molar-refractivity contribution in [1.29, 1.82) is 0 Å². The molecule has 3 aromatic carbocycles. The van der Waals surface area contributed by atoms with Crippen LogP contribution in [0.1, 0.15) is 16.7 Å². The molecule has 0 aromatic heterocycles. The smallest absolute Gasteiger partial charge is 0.203 e. The molecule has 210 valence electrons. The second-order valence-electron chi connectivity index (χ2n) is 9.15. The van der Waals surface area contributed by atoms with Crippen LogP contribution >= 0.6 is 0 Å². The summed E-state index contributed by atoms with van der Waals surface area (Å²) in [6.07, 6.45) is 3.72. The van der Waals surface area contributed by atoms with Crippen molar-refractivity contribution >= 4 is 17.9 Å². The van der Waals surface area contributed by atoms with Gasteiger partial charge in [-0.05, 0) is 42.0 Å². The van der Waals surface area contributed by atoms with E-state index in [1.54, 1.807) is 54.8 Å². The van der Waals surface area contributed by atoms with Crippen molar-refractivity contribution in [3.63, 3.8) is 0 Å². The summed E-state index contributed by atoms with van der Waals surface area (Å²) in [7, 11) is 9.39. The molecule has 40 heavy (non-hydrogen) atoms. The van der Waals surface area contributed by atoms with E-state index in [1.807, 2.05) is 42.5 Å². The standard InChI is InChI=1S/C32H35NO7/c1-35-26-14-12-22(29(37-3)31(26)39-5)16-24-19-33(18-21-10-8-7-9-11-21)20-25(28(24)34)17-23-13-15-27(36-2)32(40-6)30(23)38-4/h7-17H,18-20H2,1-6H3/b24-16-,25-17+. The number of nitrogens with zero attached hydrogens (tertiary/aromatic N) is 1. The van der Waals surface area contributed by atoms with Crippen LogP contribution < -0.4 is 28.4 Å². The molecule has 1 saturated heterocycles. The zero-order chi connectivity index (χ0) is 28.6. The van der Waals surface area contributed by atoms with E-state index in [0.717, 1.165) is 5.56 Å². The first-order valence-corrected chi connectivity index (χ1v) is 12.8. The summed E-state index contributed by atoms with van der Waals surface area (Å²) in [6.45, 7) is 1.60. The van der Waals surface area contributed by atoms with E-state index in [9.17, 15) is 4.79 Å². The summed E-state index contributed by atoms with van der Waals surface area (Å²) in [4.78, 5) is 16.2. The van der Waals surface area contributed by atoms with Crippen LogP contribution in [0.4, 0.5) is 0 Å². The van der Waals surface area contributed by atoms with Gasteiger partial charge in [-0.25, -0.2) is 0 Å². The third kappa shape index (κ3) is 5.92. The van der Waals surface area contributed by atoms with Crippen molar-refractivity contribution in [3.05, 3.63) is 82.4 Å². The number of hydrogen-bond acceptors (Lipinski definition) is 8. The highest BCUT2D eigenvalue weighted by molar-refractivity contribution is 6.15. The fourth-order valence-electron chi connectivity index (χ4n) is 4.91. The molecule has 1 heterocycles. The number of Topliss-reactive ketones (excluding diaryl/α,β-unsaturated/α-hetero) is 1. The molecular weight excluding hydrogens is 510 g/mol. The summed E-state index contributed by atoms with van der Waals surface area (Å²) in [5.74, 6) is 2.96. The van der Waals surface area contributed by atoms with Gasteiger partial charge < -0.3 is 28.4 Å². The second-order valence-corrected chi connectivity index (χ2v) is 9.15. The Labute approximate surface area is 235 Å². The molecule has 0 atom stereocenters. The summed E-state index contributed by atoms with van der Waals surface area (Å²) >= 11 is 0. The highest BCUT2D eigenvalue weighted by Crippen LogP contribution is 2.42. The molecule has 1 fully saturated rings. The Balaban J connectivity index is 1.82. The summed E-state index contributed by atoms with van der Waals surface area (Å²) in [5.41, 5.74) is 3.83. The van der Waals surface area contributed by atoms with E-state index in [4.69, 9.17) is 28.4 Å². The van der Waals surface area contributed by atoms with Crippen LogP contribution in [-0.2, 0) is 11.3 Å². The van der Waals surface area contributed by atoms with E-state index >= 15 is 0 Å². The number of hydrogen-bond donors (Lipinski definition) is 0. The van der Waals surface area contributed by atoms with Crippen molar-refractivity contribution in [2.75, 3.05) is 55.7 Å². The number of carbonyl (C=O) groups excluding carboxylic acids is 1. The second kappa shape index (κ2) is 13.1. The van der Waals surface area contributed by atoms with Crippen molar-refractivity contribution in [2.24, 2.45) is 0 Å². The Morgan fingerprint density at radius 1 is 0.600 bits per heavy atom. The molecular formula is C32H35NO7. The van der Waals surface area contributed by atoms with Gasteiger partial charge in [-0.2, -0.15) is 0 Å². The van der Waals surface area contributed by atoms with Gasteiger partial charge in [0.05, 0.1) is 42.7 Å². The first kappa shape index (κ1) is 28.6. The number of ether oxygens (including phenoxy) is 6. The molecule has 0 aliphatic carbocycles. The molecule has 0 bridgehead atoms. The molecule has 0 radical (unpaired) electrons. The molecule has 4 rings (SSSR count). The molecule has 1 aliphatic heterocycles. The number of carbonyl (C=O) groups is 1. The minimum absolute atomic E-state index is 0.0574. The fourth-order valence-corrected chi connectivity index (χ4v) is 4.91. The van der Waals surface area contributed by atoms with Crippen molar-refractivity contribution in [2.45, 2.75) is 6.54 Å². The molecule has 8 nitrogen and oxygen atoms in total. The normalized spacial score (nSPS) is 15.7. The lowest BCUT2D eigenvalue weighted by atomic mass is 9.93. The predicted molar refractivity (Wildman–Crippen MR) is 155 cm³/mol. The van der Waals surface area contributed by atoms with Gasteiger partial charge in [0.15, 0.2) is 28.8 Å². The zero-order valence-corrected chi connectivity index (χ0v) is 23.8. The van der Waals surface area contributed by atoms with Crippen LogP contribution in [0.5, 0.6) is 34.5 Å². The largest absolute Gasteiger partial charge is 0.493 e. The average molecular weight is 546 g/mol. The Morgan fingerprint density at radius 2 is 1.05 bits per heavy atom. The quantitative estimate of drug-likeness (QED) is 0.318. The van der Waals surface area contributed by atoms with E-state index in [-0.39, 0.29) is 5.78 Å². The van der Waals surface area contributed by atoms with Gasteiger partial charge in [-0.3, -0.25) is 9.69 Å². The average Bonchev–Trinajstić information content (AvgIpc) is 2.99. The van der Waals surface area contributed by atoms with Gasteiger partial charge in [0.25, 0.3) is 0 Å². The predicted octanol–water partition coefficient (Wildman–Crippen LogP) is 5.29. The van der Waals surface area contributed by atoms with Crippen molar-refractivity contribution in [1.82, 2.24) is 4.90 Å². The number of piperidine rings is 1. The fraction of sp³-hybridized carbons (Fsp3) is 0.281. The van der Waals surface area contributed by atoms with Crippen LogP contribution in [0.15, 0.2) is 65.7 Å². The van der Waals surface area contributed by atoms with Gasteiger partial charge in [-0.1, -0.05) is 30.3 Å².